The van der Waals surface area contributed by atoms with E-state index in [0.717, 1.165) is 49.1 Å². The van der Waals surface area contributed by atoms with Crippen LogP contribution in [-0.4, -0.2) is 36.7 Å². The molecule has 1 unspecified atom stereocenters. The lowest BCUT2D eigenvalue weighted by Gasteiger charge is -2.23. The van der Waals surface area contributed by atoms with Crippen LogP contribution in [0.1, 0.15) is 12.8 Å². The van der Waals surface area contributed by atoms with E-state index in [1.165, 1.54) is 6.42 Å². The van der Waals surface area contributed by atoms with E-state index in [4.69, 9.17) is 18.9 Å². The van der Waals surface area contributed by atoms with Gasteiger partial charge in [-0.3, -0.25) is 0 Å². The first-order valence-corrected chi connectivity index (χ1v) is 7.92. The zero-order chi connectivity index (χ0) is 15.6. The average molecular weight is 316 g/mol. The molecule has 2 aromatic rings. The largest absolute Gasteiger partial charge is 0.496 e. The molecule has 0 saturated carbocycles. The number of aromatic nitrogens is 2. The first-order chi connectivity index (χ1) is 11.3. The molecule has 1 aromatic heterocycles. The molecule has 1 saturated heterocycles. The van der Waals surface area contributed by atoms with Gasteiger partial charge in [-0.1, -0.05) is 0 Å². The lowest BCUT2D eigenvalue weighted by Crippen LogP contribution is -2.22. The van der Waals surface area contributed by atoms with Gasteiger partial charge in [-0.15, -0.1) is 0 Å². The lowest BCUT2D eigenvalue weighted by molar-refractivity contribution is 0.0485. The Bertz CT molecular complexity index is 692. The third kappa shape index (κ3) is 2.74. The molecule has 6 heteroatoms. The molecule has 1 atom stereocenters. The Kier molecular flexibility index (Phi) is 3.83. The number of rotatable bonds is 4. The fourth-order valence-electron chi connectivity index (χ4n) is 3.20. The van der Waals surface area contributed by atoms with Crippen molar-refractivity contribution in [3.05, 3.63) is 24.5 Å². The molecule has 6 nitrogen and oxygen atoms in total. The van der Waals surface area contributed by atoms with E-state index in [1.807, 2.05) is 24.5 Å². The van der Waals surface area contributed by atoms with Crippen molar-refractivity contribution in [3.63, 3.8) is 0 Å². The van der Waals surface area contributed by atoms with Crippen LogP contribution in [0.3, 0.4) is 0 Å². The number of hydrogen-bond donors (Lipinski definition) is 0. The summed E-state index contributed by atoms with van der Waals surface area (Å²) in [5.41, 5.74) is 0.915. The van der Waals surface area contributed by atoms with E-state index in [2.05, 4.69) is 9.55 Å². The smallest absolute Gasteiger partial charge is 0.231 e. The number of ether oxygens (including phenoxy) is 4. The molecule has 0 bridgehead atoms. The van der Waals surface area contributed by atoms with Crippen LogP contribution in [-0.2, 0) is 11.3 Å². The van der Waals surface area contributed by atoms with E-state index in [-0.39, 0.29) is 6.79 Å². The number of fused-ring (bicyclic) bond motifs is 1. The quantitative estimate of drug-likeness (QED) is 0.868. The fourth-order valence-corrected chi connectivity index (χ4v) is 3.20. The summed E-state index contributed by atoms with van der Waals surface area (Å²) in [7, 11) is 1.66. The third-order valence-corrected chi connectivity index (χ3v) is 4.36. The summed E-state index contributed by atoms with van der Waals surface area (Å²) in [5.74, 6) is 3.59. The van der Waals surface area contributed by atoms with Gasteiger partial charge >= 0.3 is 0 Å². The molecule has 1 fully saturated rings. The van der Waals surface area contributed by atoms with Crippen molar-refractivity contribution in [2.45, 2.75) is 19.4 Å². The van der Waals surface area contributed by atoms with E-state index in [1.54, 1.807) is 7.11 Å². The second-order valence-corrected chi connectivity index (χ2v) is 5.89. The molecular formula is C17H20N2O4. The van der Waals surface area contributed by atoms with Gasteiger partial charge in [-0.25, -0.2) is 4.98 Å². The zero-order valence-corrected chi connectivity index (χ0v) is 13.2. The monoisotopic (exact) mass is 316 g/mol. The van der Waals surface area contributed by atoms with Crippen LogP contribution in [0.25, 0.3) is 11.4 Å². The van der Waals surface area contributed by atoms with Crippen LogP contribution in [0.5, 0.6) is 17.2 Å². The Labute approximate surface area is 134 Å². The standard InChI is InChI=1S/C17H20N2O4/c1-20-14-8-16-15(22-11-23-16)7-13(14)17-18-4-5-19(17)9-12-3-2-6-21-10-12/h4-5,7-8,12H,2-3,6,9-11H2,1H3. The average Bonchev–Trinajstić information content (AvgIpc) is 3.23. The highest BCUT2D eigenvalue weighted by Crippen LogP contribution is 2.42. The van der Waals surface area contributed by atoms with Gasteiger partial charge in [0.1, 0.15) is 11.6 Å². The number of benzene rings is 1. The van der Waals surface area contributed by atoms with E-state index >= 15 is 0 Å². The molecule has 0 aliphatic carbocycles. The summed E-state index contributed by atoms with van der Waals surface area (Å²) in [5, 5.41) is 0. The van der Waals surface area contributed by atoms with Crippen molar-refractivity contribution in [2.75, 3.05) is 27.1 Å². The topological polar surface area (TPSA) is 54.7 Å². The van der Waals surface area contributed by atoms with Crippen LogP contribution in [0.4, 0.5) is 0 Å². The normalized spacial score (nSPS) is 19.8. The maximum atomic E-state index is 5.59. The van der Waals surface area contributed by atoms with Gasteiger partial charge in [0.2, 0.25) is 6.79 Å². The number of hydrogen-bond acceptors (Lipinski definition) is 5. The minimum atomic E-state index is 0.246. The van der Waals surface area contributed by atoms with Gasteiger partial charge in [0.25, 0.3) is 0 Å². The first-order valence-electron chi connectivity index (χ1n) is 7.92. The number of nitrogens with zero attached hydrogens (tertiary/aromatic N) is 2. The van der Waals surface area contributed by atoms with Crippen molar-refractivity contribution < 1.29 is 18.9 Å². The van der Waals surface area contributed by atoms with Gasteiger partial charge in [-0.2, -0.15) is 0 Å². The molecule has 23 heavy (non-hydrogen) atoms. The number of imidazole rings is 1. The molecule has 4 rings (SSSR count). The summed E-state index contributed by atoms with van der Waals surface area (Å²) in [6, 6.07) is 3.80. The zero-order valence-electron chi connectivity index (χ0n) is 13.2. The number of methoxy groups -OCH3 is 1. The molecule has 0 spiro atoms. The summed E-state index contributed by atoms with van der Waals surface area (Å²) >= 11 is 0. The van der Waals surface area contributed by atoms with Crippen molar-refractivity contribution in [3.8, 4) is 28.6 Å². The van der Waals surface area contributed by atoms with E-state index in [9.17, 15) is 0 Å². The Balaban J connectivity index is 1.67. The van der Waals surface area contributed by atoms with Crippen LogP contribution in [0.2, 0.25) is 0 Å². The molecule has 0 amide bonds. The van der Waals surface area contributed by atoms with Gasteiger partial charge in [0, 0.05) is 37.5 Å². The summed E-state index contributed by atoms with van der Waals surface area (Å²) < 4.78 is 24.2. The molecule has 0 N–H and O–H groups in total. The first kappa shape index (κ1) is 14.4. The third-order valence-electron chi connectivity index (χ3n) is 4.36. The molecule has 122 valence electrons. The fraction of sp³-hybridized carbons (Fsp3) is 0.471. The minimum absolute atomic E-state index is 0.246. The highest BCUT2D eigenvalue weighted by molar-refractivity contribution is 5.70. The maximum Gasteiger partial charge on any atom is 0.231 e. The van der Waals surface area contributed by atoms with E-state index < -0.39 is 0 Å². The minimum Gasteiger partial charge on any atom is -0.496 e. The Morgan fingerprint density at radius 1 is 1.30 bits per heavy atom. The predicted molar refractivity (Wildman–Crippen MR) is 83.9 cm³/mol. The van der Waals surface area contributed by atoms with Crippen molar-refractivity contribution in [1.82, 2.24) is 9.55 Å². The molecular weight excluding hydrogens is 296 g/mol. The lowest BCUT2D eigenvalue weighted by atomic mass is 10.0. The highest BCUT2D eigenvalue weighted by Gasteiger charge is 2.22. The summed E-state index contributed by atoms with van der Waals surface area (Å²) in [6.07, 6.45) is 6.15. The van der Waals surface area contributed by atoms with Crippen LogP contribution < -0.4 is 14.2 Å². The summed E-state index contributed by atoms with van der Waals surface area (Å²) in [6.45, 7) is 2.84. The Morgan fingerprint density at radius 2 is 2.17 bits per heavy atom. The second-order valence-electron chi connectivity index (χ2n) is 5.89. The van der Waals surface area contributed by atoms with Gasteiger partial charge in [-0.05, 0) is 18.9 Å². The van der Waals surface area contributed by atoms with Crippen molar-refractivity contribution >= 4 is 0 Å². The molecule has 3 heterocycles. The molecule has 2 aliphatic rings. The van der Waals surface area contributed by atoms with Crippen LogP contribution in [0.15, 0.2) is 24.5 Å². The Morgan fingerprint density at radius 3 is 2.96 bits per heavy atom. The van der Waals surface area contributed by atoms with Gasteiger partial charge in [0.15, 0.2) is 11.5 Å². The van der Waals surface area contributed by atoms with Crippen LogP contribution in [0, 0.1) is 5.92 Å². The predicted octanol–water partition coefficient (Wildman–Crippen LogP) is 2.71. The van der Waals surface area contributed by atoms with E-state index in [0.29, 0.717) is 11.7 Å². The van der Waals surface area contributed by atoms with Crippen LogP contribution >= 0.6 is 0 Å². The molecule has 2 aliphatic heterocycles. The maximum absolute atomic E-state index is 5.59. The highest BCUT2D eigenvalue weighted by atomic mass is 16.7. The van der Waals surface area contributed by atoms with Crippen molar-refractivity contribution in [2.24, 2.45) is 5.92 Å². The Hall–Kier alpha value is -2.21. The molecule has 1 aromatic carbocycles. The van der Waals surface area contributed by atoms with Crippen molar-refractivity contribution in [1.29, 1.82) is 0 Å². The van der Waals surface area contributed by atoms with Gasteiger partial charge in [0.05, 0.1) is 19.3 Å². The molecule has 0 radical (unpaired) electrons. The SMILES string of the molecule is COc1cc2c(cc1-c1nccn1CC1CCCOC1)OCO2. The summed E-state index contributed by atoms with van der Waals surface area (Å²) in [4.78, 5) is 4.53. The van der Waals surface area contributed by atoms with Gasteiger partial charge < -0.3 is 23.5 Å². The second kappa shape index (κ2) is 6.12.